The summed E-state index contributed by atoms with van der Waals surface area (Å²) in [6.07, 6.45) is 2.75. The number of anilines is 1. The minimum atomic E-state index is -3.68. The molecule has 2 saturated heterocycles. The Labute approximate surface area is 190 Å². The summed E-state index contributed by atoms with van der Waals surface area (Å²) in [5.41, 5.74) is 0.346. The number of benzene rings is 1. The van der Waals surface area contributed by atoms with Crippen molar-refractivity contribution in [1.29, 1.82) is 0 Å². The van der Waals surface area contributed by atoms with Crippen molar-refractivity contribution < 1.29 is 22.7 Å². The second kappa shape index (κ2) is 9.02. The van der Waals surface area contributed by atoms with E-state index in [1.165, 1.54) is 21.3 Å². The Kier molecular flexibility index (Phi) is 6.49. The average Bonchev–Trinajstić information content (AvgIpc) is 2.75. The van der Waals surface area contributed by atoms with Gasteiger partial charge in [-0.1, -0.05) is 20.8 Å². The molecule has 3 heterocycles. The highest BCUT2D eigenvalue weighted by Crippen LogP contribution is 2.36. The van der Waals surface area contributed by atoms with Gasteiger partial charge >= 0.3 is 0 Å². The van der Waals surface area contributed by atoms with Gasteiger partial charge in [-0.15, -0.1) is 0 Å². The fourth-order valence-corrected chi connectivity index (χ4v) is 6.48. The zero-order valence-corrected chi connectivity index (χ0v) is 19.9. The van der Waals surface area contributed by atoms with E-state index < -0.39 is 10.0 Å². The third kappa shape index (κ3) is 4.64. The molecule has 0 bridgehead atoms. The van der Waals surface area contributed by atoms with Gasteiger partial charge in [0.15, 0.2) is 6.61 Å². The van der Waals surface area contributed by atoms with E-state index in [4.69, 9.17) is 4.74 Å². The topological polar surface area (TPSA) is 87.2 Å². The molecule has 176 valence electrons. The molecule has 0 aliphatic carbocycles. The summed E-state index contributed by atoms with van der Waals surface area (Å²) in [7, 11) is -3.68. The van der Waals surface area contributed by atoms with Crippen molar-refractivity contribution in [3.05, 3.63) is 18.2 Å². The molecule has 0 spiro atoms. The van der Waals surface area contributed by atoms with Crippen molar-refractivity contribution in [2.45, 2.75) is 44.9 Å². The molecular formula is C23H33N3O5S. The van der Waals surface area contributed by atoms with Gasteiger partial charge in [0, 0.05) is 26.2 Å². The standard InChI is InChI=1S/C23H33N3O5S/c1-16-6-8-25(9-7-16)32(29,30)19-4-5-21-20(11-19)26(23(28)15-31-21)14-22(27)24-12-17(2)10-18(3)13-24/h4-5,11,16-18H,6-10,12-15H2,1-3H3/t17-,18-/m1/s1. The molecule has 32 heavy (non-hydrogen) atoms. The predicted octanol–water partition coefficient (Wildman–Crippen LogP) is 2.34. The van der Waals surface area contributed by atoms with Crippen LogP contribution < -0.4 is 9.64 Å². The molecule has 2 fully saturated rings. The van der Waals surface area contributed by atoms with E-state index in [2.05, 4.69) is 20.8 Å². The van der Waals surface area contributed by atoms with E-state index in [0.29, 0.717) is 55.4 Å². The van der Waals surface area contributed by atoms with Crippen LogP contribution in [0.4, 0.5) is 5.69 Å². The predicted molar refractivity (Wildman–Crippen MR) is 121 cm³/mol. The quantitative estimate of drug-likeness (QED) is 0.684. The molecule has 9 heteroatoms. The monoisotopic (exact) mass is 463 g/mol. The number of carbonyl (C=O) groups is 2. The highest BCUT2D eigenvalue weighted by atomic mass is 32.2. The maximum atomic E-state index is 13.2. The third-order valence-electron chi connectivity index (χ3n) is 6.77. The Bertz CT molecular complexity index is 977. The maximum Gasteiger partial charge on any atom is 0.265 e. The molecule has 3 aliphatic heterocycles. The molecule has 1 aromatic rings. The molecule has 0 aromatic heterocycles. The summed E-state index contributed by atoms with van der Waals surface area (Å²) in [4.78, 5) is 29.0. The minimum absolute atomic E-state index is 0.112. The molecular weight excluding hydrogens is 430 g/mol. The summed E-state index contributed by atoms with van der Waals surface area (Å²) < 4.78 is 33.5. The van der Waals surface area contributed by atoms with E-state index in [1.807, 2.05) is 4.90 Å². The van der Waals surface area contributed by atoms with E-state index in [-0.39, 0.29) is 29.9 Å². The Morgan fingerprint density at radius 2 is 1.72 bits per heavy atom. The first-order chi connectivity index (χ1) is 15.1. The van der Waals surface area contributed by atoms with Crippen LogP contribution in [0.25, 0.3) is 0 Å². The van der Waals surface area contributed by atoms with Crippen LogP contribution in [0.1, 0.15) is 40.0 Å². The van der Waals surface area contributed by atoms with Crippen molar-refractivity contribution in [3.8, 4) is 5.75 Å². The lowest BCUT2D eigenvalue weighted by atomic mass is 9.92. The number of piperidine rings is 2. The van der Waals surface area contributed by atoms with Gasteiger partial charge in [-0.3, -0.25) is 14.5 Å². The summed E-state index contributed by atoms with van der Waals surface area (Å²) >= 11 is 0. The van der Waals surface area contributed by atoms with Gasteiger partial charge in [0.25, 0.3) is 5.91 Å². The molecule has 4 rings (SSSR count). The highest BCUT2D eigenvalue weighted by molar-refractivity contribution is 7.89. The second-order valence-corrected chi connectivity index (χ2v) is 11.7. The third-order valence-corrected chi connectivity index (χ3v) is 8.66. The number of hydrogen-bond acceptors (Lipinski definition) is 5. The fourth-order valence-electron chi connectivity index (χ4n) is 4.99. The molecule has 2 amide bonds. The van der Waals surface area contributed by atoms with Crippen LogP contribution in [0, 0.1) is 17.8 Å². The summed E-state index contributed by atoms with van der Waals surface area (Å²) in [5.74, 6) is 1.30. The normalized spacial score (nSPS) is 25.4. The lowest BCUT2D eigenvalue weighted by Crippen LogP contribution is -2.50. The molecule has 0 saturated carbocycles. The number of carbonyl (C=O) groups excluding carboxylic acids is 2. The SMILES string of the molecule is CC1CCN(S(=O)(=O)c2ccc3c(c2)N(CC(=O)N2C[C@H](C)C[C@@H](C)C2)C(=O)CO3)CC1. The Morgan fingerprint density at radius 3 is 2.38 bits per heavy atom. The lowest BCUT2D eigenvalue weighted by Gasteiger charge is -2.37. The van der Waals surface area contributed by atoms with Gasteiger partial charge in [-0.05, 0) is 55.2 Å². The van der Waals surface area contributed by atoms with Crippen molar-refractivity contribution >= 4 is 27.5 Å². The van der Waals surface area contributed by atoms with Gasteiger partial charge < -0.3 is 9.64 Å². The lowest BCUT2D eigenvalue weighted by molar-refractivity contribution is -0.134. The Balaban J connectivity index is 1.58. The summed E-state index contributed by atoms with van der Waals surface area (Å²) in [6.45, 7) is 8.44. The number of likely N-dealkylation sites (tertiary alicyclic amines) is 1. The zero-order valence-electron chi connectivity index (χ0n) is 19.1. The molecule has 1 aromatic carbocycles. The van der Waals surface area contributed by atoms with Gasteiger partial charge in [0.1, 0.15) is 12.3 Å². The van der Waals surface area contributed by atoms with E-state index in [0.717, 1.165) is 19.3 Å². The van der Waals surface area contributed by atoms with Crippen LogP contribution in [-0.2, 0) is 19.6 Å². The zero-order chi connectivity index (χ0) is 23.0. The number of sulfonamides is 1. The van der Waals surface area contributed by atoms with Crippen LogP contribution >= 0.6 is 0 Å². The van der Waals surface area contributed by atoms with Gasteiger partial charge in [0.2, 0.25) is 15.9 Å². The summed E-state index contributed by atoms with van der Waals surface area (Å²) in [5, 5.41) is 0. The number of hydrogen-bond donors (Lipinski definition) is 0. The second-order valence-electron chi connectivity index (χ2n) is 9.73. The van der Waals surface area contributed by atoms with Crippen LogP contribution in [0.5, 0.6) is 5.75 Å². The molecule has 0 unspecified atom stereocenters. The highest BCUT2D eigenvalue weighted by Gasteiger charge is 2.34. The molecule has 0 radical (unpaired) electrons. The number of rotatable bonds is 4. The van der Waals surface area contributed by atoms with Crippen molar-refractivity contribution in [1.82, 2.24) is 9.21 Å². The maximum absolute atomic E-state index is 13.2. The molecule has 0 N–H and O–H groups in total. The molecule has 3 aliphatic rings. The first-order valence-electron chi connectivity index (χ1n) is 11.5. The van der Waals surface area contributed by atoms with Crippen molar-refractivity contribution in [2.24, 2.45) is 17.8 Å². The van der Waals surface area contributed by atoms with E-state index in [9.17, 15) is 18.0 Å². The largest absolute Gasteiger partial charge is 0.482 e. The van der Waals surface area contributed by atoms with E-state index in [1.54, 1.807) is 6.07 Å². The smallest absolute Gasteiger partial charge is 0.265 e. The Hall–Kier alpha value is -2.13. The van der Waals surface area contributed by atoms with Crippen molar-refractivity contribution in [2.75, 3.05) is 44.2 Å². The minimum Gasteiger partial charge on any atom is -0.482 e. The van der Waals surface area contributed by atoms with Crippen LogP contribution in [0.3, 0.4) is 0 Å². The molecule has 8 nitrogen and oxygen atoms in total. The van der Waals surface area contributed by atoms with Gasteiger partial charge in [0.05, 0.1) is 10.6 Å². The summed E-state index contributed by atoms with van der Waals surface area (Å²) in [6, 6.07) is 4.59. The van der Waals surface area contributed by atoms with Crippen molar-refractivity contribution in [3.63, 3.8) is 0 Å². The number of amides is 2. The first kappa shape index (κ1) is 23.0. The molecule has 2 atom stereocenters. The number of nitrogens with zero attached hydrogens (tertiary/aromatic N) is 3. The van der Waals surface area contributed by atoms with Gasteiger partial charge in [-0.2, -0.15) is 4.31 Å². The average molecular weight is 464 g/mol. The van der Waals surface area contributed by atoms with Crippen LogP contribution in [0.2, 0.25) is 0 Å². The van der Waals surface area contributed by atoms with E-state index >= 15 is 0 Å². The Morgan fingerprint density at radius 1 is 1.06 bits per heavy atom. The van der Waals surface area contributed by atoms with Gasteiger partial charge in [-0.25, -0.2) is 8.42 Å². The first-order valence-corrected chi connectivity index (χ1v) is 12.9. The van der Waals surface area contributed by atoms with Crippen LogP contribution in [-0.4, -0.2) is 68.8 Å². The number of ether oxygens (including phenoxy) is 1. The number of fused-ring (bicyclic) bond motifs is 1. The van der Waals surface area contributed by atoms with Crippen LogP contribution in [0.15, 0.2) is 23.1 Å². The fraction of sp³-hybridized carbons (Fsp3) is 0.652.